The summed E-state index contributed by atoms with van der Waals surface area (Å²) >= 11 is 0. The number of piperidine rings is 1. The van der Waals surface area contributed by atoms with Crippen molar-refractivity contribution in [2.45, 2.75) is 56.8 Å². The van der Waals surface area contributed by atoms with Crippen LogP contribution in [0.5, 0.6) is 5.75 Å². The molecule has 1 aliphatic heterocycles. The lowest BCUT2D eigenvalue weighted by Crippen LogP contribution is -2.59. The number of likely N-dealkylation sites (N-methyl/N-ethyl adjacent to an activating group) is 1. The minimum atomic E-state index is -2.88. The first-order valence-corrected chi connectivity index (χ1v) is 7.94. The highest BCUT2D eigenvalue weighted by atomic mass is 16.5. The van der Waals surface area contributed by atoms with Gasteiger partial charge >= 0.3 is 0 Å². The molecule has 0 N–H and O–H groups in total. The fraction of sp³-hybridized carbons (Fsp3) is 0.684. The van der Waals surface area contributed by atoms with E-state index in [1.54, 1.807) is 11.0 Å². The summed E-state index contributed by atoms with van der Waals surface area (Å²) in [7, 11) is 0. The molecule has 4 rings (SSSR count). The summed E-state index contributed by atoms with van der Waals surface area (Å²) in [6, 6.07) is 5.27. The van der Waals surface area contributed by atoms with Crippen molar-refractivity contribution in [3.8, 4) is 5.75 Å². The Hall–Kier alpha value is -1.02. The molecule has 0 aromatic heterocycles. The number of hydrogen-bond donors (Lipinski definition) is 0. The Bertz CT molecular complexity index is 789. The molecule has 1 unspecified atom stereocenters. The van der Waals surface area contributed by atoms with Crippen LogP contribution >= 0.6 is 0 Å². The zero-order valence-corrected chi connectivity index (χ0v) is 12.2. The zero-order chi connectivity index (χ0) is 21.2. The van der Waals surface area contributed by atoms with Crippen LogP contribution in [0.2, 0.25) is 0 Å². The highest BCUT2D eigenvalue weighted by Gasteiger charge is 2.53. The number of ether oxygens (including phenoxy) is 1. The van der Waals surface area contributed by atoms with Crippen molar-refractivity contribution in [3.05, 3.63) is 29.3 Å². The van der Waals surface area contributed by atoms with Gasteiger partial charge < -0.3 is 9.64 Å². The normalized spacial score (nSPS) is 42.5. The predicted molar refractivity (Wildman–Crippen MR) is 86.0 cm³/mol. The molecule has 1 aromatic rings. The average molecular weight is 293 g/mol. The van der Waals surface area contributed by atoms with E-state index in [4.69, 9.17) is 15.7 Å². The van der Waals surface area contributed by atoms with Gasteiger partial charge in [-0.25, -0.2) is 0 Å². The van der Waals surface area contributed by atoms with Gasteiger partial charge in [-0.3, -0.25) is 0 Å². The van der Waals surface area contributed by atoms with Crippen molar-refractivity contribution < 1.29 is 15.7 Å². The average Bonchev–Trinajstić information content (AvgIpc) is 2.60. The number of fused-ring (bicyclic) bond motifs is 1. The third kappa shape index (κ3) is 1.95. The summed E-state index contributed by atoms with van der Waals surface area (Å²) in [4.78, 5) is 1.70. The van der Waals surface area contributed by atoms with Crippen LogP contribution < -0.4 is 4.74 Å². The van der Waals surface area contributed by atoms with Crippen molar-refractivity contribution in [1.29, 1.82) is 0 Å². The van der Waals surface area contributed by atoms with Crippen LogP contribution in [0.4, 0.5) is 0 Å². The Morgan fingerprint density at radius 3 is 3.33 bits per heavy atom. The second-order valence-electron chi connectivity index (χ2n) is 6.75. The van der Waals surface area contributed by atoms with Crippen molar-refractivity contribution in [2.24, 2.45) is 5.92 Å². The number of rotatable bonds is 2. The molecule has 0 radical (unpaired) electrons. The van der Waals surface area contributed by atoms with Crippen LogP contribution in [0, 0.1) is 5.92 Å². The topological polar surface area (TPSA) is 12.5 Å². The highest BCUT2D eigenvalue weighted by Crippen LogP contribution is 2.55. The molecule has 1 saturated carbocycles. The molecule has 2 aliphatic carbocycles. The van der Waals surface area contributed by atoms with Crippen molar-refractivity contribution in [1.82, 2.24) is 4.90 Å². The minimum Gasteiger partial charge on any atom is -0.494 e. The molecule has 2 bridgehead atoms. The van der Waals surface area contributed by atoms with E-state index in [9.17, 15) is 0 Å². The monoisotopic (exact) mass is 293 g/mol. The van der Waals surface area contributed by atoms with Crippen molar-refractivity contribution >= 4 is 0 Å². The van der Waals surface area contributed by atoms with Crippen molar-refractivity contribution in [3.63, 3.8) is 0 Å². The van der Waals surface area contributed by atoms with Gasteiger partial charge in [-0.05, 0) is 75.2 Å². The highest BCUT2D eigenvalue weighted by molar-refractivity contribution is 5.45. The van der Waals surface area contributed by atoms with E-state index in [1.807, 2.05) is 12.1 Å². The summed E-state index contributed by atoms with van der Waals surface area (Å²) < 4.78 is 66.9. The molecule has 2 nitrogen and oxygen atoms in total. The molecule has 1 saturated heterocycles. The molecular formula is C19H27NO. The van der Waals surface area contributed by atoms with E-state index < -0.39 is 20.4 Å². The lowest BCUT2D eigenvalue weighted by atomic mass is 9.52. The summed E-state index contributed by atoms with van der Waals surface area (Å²) in [6.45, 7) is -7.25. The fourth-order valence-corrected chi connectivity index (χ4v) is 5.11. The first-order chi connectivity index (χ1) is 13.4. The smallest absolute Gasteiger partial charge is 0.119 e. The largest absolute Gasteiger partial charge is 0.494 e. The summed E-state index contributed by atoms with van der Waals surface area (Å²) in [5.41, 5.74) is 2.04. The molecule has 0 spiro atoms. The van der Waals surface area contributed by atoms with Gasteiger partial charge in [0, 0.05) is 19.7 Å². The standard InChI is InChI=1S/C19H27NO/c1-3-21-15-8-7-14-12-18-16-6-4-5-9-19(16,17(14)13-15)10-11-20(18)2/h7-8,13,16,18H,3-6,9-12H2,1-2H3/t16-,18?,19-/m0/s1/i1D3,2D3,3D2. The Balaban J connectivity index is 1.74. The van der Waals surface area contributed by atoms with Crippen LogP contribution in [0.1, 0.15) is 61.0 Å². The third-order valence-electron chi connectivity index (χ3n) is 5.98. The van der Waals surface area contributed by atoms with Crippen LogP contribution in [0.3, 0.4) is 0 Å². The molecule has 2 fully saturated rings. The Morgan fingerprint density at radius 1 is 1.43 bits per heavy atom. The van der Waals surface area contributed by atoms with Gasteiger partial charge in [-0.1, -0.05) is 18.9 Å². The number of likely N-dealkylation sites (tertiary alicyclic amines) is 1. The lowest BCUT2D eigenvalue weighted by molar-refractivity contribution is 0.00271. The maximum absolute atomic E-state index is 7.97. The quantitative estimate of drug-likeness (QED) is 0.823. The Morgan fingerprint density at radius 2 is 2.43 bits per heavy atom. The third-order valence-corrected chi connectivity index (χ3v) is 5.98. The maximum Gasteiger partial charge on any atom is 0.119 e. The van der Waals surface area contributed by atoms with Gasteiger partial charge in [0.25, 0.3) is 0 Å². The molecule has 1 aromatic carbocycles. The van der Waals surface area contributed by atoms with Gasteiger partial charge in [-0.15, -0.1) is 0 Å². The second kappa shape index (κ2) is 5.01. The Kier molecular flexibility index (Phi) is 1.79. The van der Waals surface area contributed by atoms with E-state index in [0.717, 1.165) is 43.2 Å². The van der Waals surface area contributed by atoms with Gasteiger partial charge in [0.2, 0.25) is 0 Å². The fourth-order valence-electron chi connectivity index (χ4n) is 5.11. The van der Waals surface area contributed by atoms with Crippen molar-refractivity contribution in [2.75, 3.05) is 20.1 Å². The van der Waals surface area contributed by atoms with E-state index in [1.165, 1.54) is 0 Å². The van der Waals surface area contributed by atoms with E-state index >= 15 is 0 Å². The first kappa shape index (κ1) is 7.50. The molecule has 3 atom stereocenters. The lowest BCUT2D eigenvalue weighted by Gasteiger charge is -2.58. The summed E-state index contributed by atoms with van der Waals surface area (Å²) in [5.74, 6) is 0.466. The minimum absolute atomic E-state index is 0.0235. The molecule has 114 valence electrons. The number of benzene rings is 1. The molecule has 2 heteroatoms. The number of nitrogens with zero attached hydrogens (tertiary/aromatic N) is 1. The van der Waals surface area contributed by atoms with Gasteiger partial charge in [-0.2, -0.15) is 0 Å². The Labute approximate surface area is 139 Å². The van der Waals surface area contributed by atoms with Crippen LogP contribution in [0.25, 0.3) is 0 Å². The maximum atomic E-state index is 7.97. The molecular weight excluding hydrogens is 258 g/mol. The van der Waals surface area contributed by atoms with Crippen LogP contribution in [-0.4, -0.2) is 31.0 Å². The molecule has 1 heterocycles. The van der Waals surface area contributed by atoms with Gasteiger partial charge in [0.15, 0.2) is 0 Å². The summed E-state index contributed by atoms with van der Waals surface area (Å²) in [6.07, 6.45) is 5.52. The van der Waals surface area contributed by atoms with Gasteiger partial charge in [0.1, 0.15) is 5.75 Å². The molecule has 21 heavy (non-hydrogen) atoms. The molecule has 0 amide bonds. The zero-order valence-electron chi connectivity index (χ0n) is 20.2. The molecule has 3 aliphatic rings. The van der Waals surface area contributed by atoms with E-state index in [2.05, 4.69) is 0 Å². The van der Waals surface area contributed by atoms with Crippen LogP contribution in [0.15, 0.2) is 18.2 Å². The van der Waals surface area contributed by atoms with Crippen LogP contribution in [-0.2, 0) is 11.8 Å². The van der Waals surface area contributed by atoms with Gasteiger partial charge in [0.05, 0.1) is 9.30 Å². The van der Waals surface area contributed by atoms with E-state index in [-0.39, 0.29) is 23.1 Å². The second-order valence-corrected chi connectivity index (χ2v) is 6.75. The number of hydrogen-bond acceptors (Lipinski definition) is 2. The summed E-state index contributed by atoms with van der Waals surface area (Å²) in [5, 5.41) is 0. The predicted octanol–water partition coefficient (Wildman–Crippen LogP) is 3.77. The SMILES string of the molecule is [2H]C([2H])([2H])N1CC[C@@]23CCCC[C@H]2C1Cc1ccc(OC([2H])([2H])C([2H])([2H])[2H])cc13. The first-order valence-electron chi connectivity index (χ1n) is 11.9. The van der Waals surface area contributed by atoms with E-state index in [0.29, 0.717) is 13.0 Å².